The van der Waals surface area contributed by atoms with Crippen molar-refractivity contribution in [2.75, 3.05) is 40.9 Å². The van der Waals surface area contributed by atoms with Crippen molar-refractivity contribution in [1.82, 2.24) is 5.32 Å². The van der Waals surface area contributed by atoms with Crippen LogP contribution in [0.4, 0.5) is 0 Å². The van der Waals surface area contributed by atoms with Crippen LogP contribution in [-0.4, -0.2) is 74.3 Å². The van der Waals surface area contributed by atoms with E-state index < -0.39 is 20.0 Å². The largest absolute Gasteiger partial charge is 0.472 e. The highest BCUT2D eigenvalue weighted by Crippen LogP contribution is 2.43. The summed E-state index contributed by atoms with van der Waals surface area (Å²) >= 11 is 0. The lowest BCUT2D eigenvalue weighted by molar-refractivity contribution is -0.870. The molecule has 0 aliphatic rings. The average Bonchev–Trinajstić information content (AvgIpc) is 3.27. The van der Waals surface area contributed by atoms with Gasteiger partial charge in [0.15, 0.2) is 0 Å². The molecule has 0 heterocycles. The first kappa shape index (κ1) is 63.5. The van der Waals surface area contributed by atoms with Crippen molar-refractivity contribution in [3.8, 4) is 0 Å². The van der Waals surface area contributed by atoms with Crippen molar-refractivity contribution in [2.45, 2.75) is 232 Å². The number of esters is 1. The molecule has 0 bridgehead atoms. The van der Waals surface area contributed by atoms with E-state index in [2.05, 4.69) is 86.8 Å². The Bertz CT molecular complexity index is 1370. The lowest BCUT2D eigenvalue weighted by Crippen LogP contribution is -2.47. The monoisotopic (exact) mass is 946 g/mol. The fourth-order valence-electron chi connectivity index (χ4n) is 7.28. The summed E-state index contributed by atoms with van der Waals surface area (Å²) in [5.74, 6) is -0.545. The number of phosphoric acid groups is 1. The molecule has 0 aliphatic heterocycles. The molecule has 382 valence electrons. The summed E-state index contributed by atoms with van der Waals surface area (Å²) in [7, 11) is 1.47. The minimum atomic E-state index is -4.45. The van der Waals surface area contributed by atoms with E-state index in [-0.39, 0.29) is 31.5 Å². The van der Waals surface area contributed by atoms with Crippen LogP contribution < -0.4 is 5.32 Å². The first-order chi connectivity index (χ1) is 31.9. The highest BCUT2D eigenvalue weighted by atomic mass is 31.2. The van der Waals surface area contributed by atoms with Crippen LogP contribution >= 0.6 is 7.82 Å². The van der Waals surface area contributed by atoms with Crippen molar-refractivity contribution in [3.05, 3.63) is 72.9 Å². The van der Waals surface area contributed by atoms with Gasteiger partial charge in [0, 0.05) is 12.8 Å². The van der Waals surface area contributed by atoms with Gasteiger partial charge >= 0.3 is 13.8 Å². The fraction of sp³-hybridized carbons (Fsp3) is 0.750. The molecule has 1 amide bonds. The average molecular weight is 946 g/mol. The summed E-state index contributed by atoms with van der Waals surface area (Å²) in [5.41, 5.74) is 0. The fourth-order valence-corrected chi connectivity index (χ4v) is 8.02. The van der Waals surface area contributed by atoms with Gasteiger partial charge in [0.05, 0.1) is 33.8 Å². The van der Waals surface area contributed by atoms with Crippen LogP contribution in [-0.2, 0) is 27.9 Å². The zero-order chi connectivity index (χ0) is 48.7. The van der Waals surface area contributed by atoms with Crippen molar-refractivity contribution in [3.63, 3.8) is 0 Å². The second-order valence-electron chi connectivity index (χ2n) is 19.0. The standard InChI is InChI=1S/C56H101N2O7P/c1-7-10-13-16-19-22-25-28-30-33-36-39-42-45-48-55(59)57-53(52-64-66(61,62)63-51-50-58(4,5)6)54(47-44-41-38-35-32-27-24-21-18-15-12-9-3)65-56(60)49-46-43-40-37-34-31-29-26-23-20-17-14-11-8-2/h10-11,13-14,19-20,22-23,28,30,44,47,53-54H,7-9,12,15-18,21,24-27,29,31-43,45-46,48-52H2,1-6H3,(H-,57,59,61,62)/p+1/b13-10+,14-11+,22-19+,23-20+,30-28+,47-44+. The van der Waals surface area contributed by atoms with Crippen LogP contribution in [0, 0.1) is 0 Å². The van der Waals surface area contributed by atoms with Crippen LogP contribution in [0.25, 0.3) is 0 Å². The van der Waals surface area contributed by atoms with Gasteiger partial charge in [-0.05, 0) is 89.5 Å². The van der Waals surface area contributed by atoms with Crippen LogP contribution in [0.2, 0.25) is 0 Å². The number of carbonyl (C=O) groups excluding carboxylic acids is 2. The Balaban J connectivity index is 5.46. The predicted molar refractivity (Wildman–Crippen MR) is 281 cm³/mol. The summed E-state index contributed by atoms with van der Waals surface area (Å²) in [6.07, 6.45) is 57.5. The maximum absolute atomic E-state index is 13.4. The Morgan fingerprint density at radius 3 is 1.45 bits per heavy atom. The Morgan fingerprint density at radius 1 is 0.545 bits per heavy atom. The van der Waals surface area contributed by atoms with Gasteiger partial charge in [0.2, 0.25) is 5.91 Å². The quantitative estimate of drug-likeness (QED) is 0.0205. The molecule has 9 nitrogen and oxygen atoms in total. The smallest absolute Gasteiger partial charge is 0.456 e. The number of nitrogens with one attached hydrogen (secondary N) is 1. The van der Waals surface area contributed by atoms with Gasteiger partial charge in [-0.15, -0.1) is 0 Å². The Hall–Kier alpha value is -2.55. The van der Waals surface area contributed by atoms with E-state index in [0.29, 0.717) is 17.4 Å². The highest BCUT2D eigenvalue weighted by molar-refractivity contribution is 7.47. The maximum Gasteiger partial charge on any atom is 0.472 e. The lowest BCUT2D eigenvalue weighted by Gasteiger charge is -2.27. The molecule has 0 fully saturated rings. The van der Waals surface area contributed by atoms with E-state index in [1.807, 2.05) is 33.3 Å². The van der Waals surface area contributed by atoms with Crippen LogP contribution in [0.3, 0.4) is 0 Å². The van der Waals surface area contributed by atoms with Gasteiger partial charge in [-0.3, -0.25) is 18.6 Å². The Kier molecular flexibility index (Phi) is 44.4. The zero-order valence-corrected chi connectivity index (χ0v) is 44.3. The second-order valence-corrected chi connectivity index (χ2v) is 20.4. The Morgan fingerprint density at radius 2 is 0.970 bits per heavy atom. The molecule has 2 N–H and O–H groups in total. The lowest BCUT2D eigenvalue weighted by atomic mass is 10.0. The number of allylic oxidation sites excluding steroid dienone is 11. The van der Waals surface area contributed by atoms with Crippen LogP contribution in [0.5, 0.6) is 0 Å². The number of nitrogens with zero attached hydrogens (tertiary/aromatic N) is 1. The number of likely N-dealkylation sites (N-methyl/N-ethyl adjacent to an activating group) is 1. The number of phosphoric ester groups is 1. The van der Waals surface area contributed by atoms with E-state index in [0.717, 1.165) is 116 Å². The summed E-state index contributed by atoms with van der Waals surface area (Å²) in [5, 5.41) is 3.02. The molecule has 0 aromatic carbocycles. The minimum Gasteiger partial charge on any atom is -0.456 e. The first-order valence-electron chi connectivity index (χ1n) is 26.8. The van der Waals surface area contributed by atoms with Crippen molar-refractivity contribution in [1.29, 1.82) is 0 Å². The molecule has 0 radical (unpaired) electrons. The van der Waals surface area contributed by atoms with Crippen molar-refractivity contribution < 1.29 is 37.3 Å². The van der Waals surface area contributed by atoms with Gasteiger partial charge in [-0.25, -0.2) is 4.57 Å². The van der Waals surface area contributed by atoms with E-state index in [1.54, 1.807) is 0 Å². The van der Waals surface area contributed by atoms with Crippen LogP contribution in [0.1, 0.15) is 220 Å². The topological polar surface area (TPSA) is 111 Å². The molecule has 0 saturated heterocycles. The molecule has 0 rings (SSSR count). The summed E-state index contributed by atoms with van der Waals surface area (Å²) < 4.78 is 30.5. The Labute approximate surface area is 406 Å². The molecule has 0 spiro atoms. The third kappa shape index (κ3) is 46.6. The molecular formula is C56H102N2O7P+. The number of unbranched alkanes of at least 4 members (excludes halogenated alkanes) is 21. The molecule has 10 heteroatoms. The molecule has 3 unspecified atom stereocenters. The number of ether oxygens (including phenoxy) is 1. The molecular weight excluding hydrogens is 844 g/mol. The number of carbonyl (C=O) groups is 2. The predicted octanol–water partition coefficient (Wildman–Crippen LogP) is 15.7. The number of hydrogen-bond donors (Lipinski definition) is 2. The molecule has 66 heavy (non-hydrogen) atoms. The van der Waals surface area contributed by atoms with E-state index >= 15 is 0 Å². The number of quaternary nitrogens is 1. The van der Waals surface area contributed by atoms with Crippen molar-refractivity contribution in [2.24, 2.45) is 0 Å². The first-order valence-corrected chi connectivity index (χ1v) is 28.3. The SMILES string of the molecule is CC/C=C/C/C=C/C/C=C/CCCCCCC(=O)NC(COP(=O)(O)OCC[N+](C)(C)C)C(/C=C/CCCCCCCCCCCC)OC(=O)CCCCCCCCC/C=C/C/C=C/CC. The van der Waals surface area contributed by atoms with Gasteiger partial charge in [0.25, 0.3) is 0 Å². The third-order valence-corrected chi connectivity index (χ3v) is 12.4. The van der Waals surface area contributed by atoms with Crippen molar-refractivity contribution >= 4 is 19.7 Å². The molecule has 0 aromatic rings. The maximum atomic E-state index is 13.4. The molecule has 0 aliphatic carbocycles. The third-order valence-electron chi connectivity index (χ3n) is 11.4. The van der Waals surface area contributed by atoms with Gasteiger partial charge < -0.3 is 19.4 Å². The summed E-state index contributed by atoms with van der Waals surface area (Å²) in [6, 6.07) is -0.864. The van der Waals surface area contributed by atoms with Gasteiger partial charge in [-0.1, -0.05) is 190 Å². The molecule has 3 atom stereocenters. The van der Waals surface area contributed by atoms with Crippen LogP contribution in [0.15, 0.2) is 72.9 Å². The number of rotatable bonds is 47. The second kappa shape index (κ2) is 46.2. The van der Waals surface area contributed by atoms with Gasteiger partial charge in [-0.2, -0.15) is 0 Å². The number of hydrogen-bond acceptors (Lipinski definition) is 6. The number of amides is 1. The summed E-state index contributed by atoms with van der Waals surface area (Å²) in [4.78, 5) is 37.5. The highest BCUT2D eigenvalue weighted by Gasteiger charge is 2.30. The molecule has 0 aromatic heterocycles. The van der Waals surface area contributed by atoms with E-state index in [1.165, 1.54) is 70.6 Å². The minimum absolute atomic E-state index is 0.0315. The van der Waals surface area contributed by atoms with E-state index in [4.69, 9.17) is 13.8 Å². The molecule has 0 saturated carbocycles. The summed E-state index contributed by atoms with van der Waals surface area (Å²) in [6.45, 7) is 6.75. The van der Waals surface area contributed by atoms with Gasteiger partial charge in [0.1, 0.15) is 19.3 Å². The zero-order valence-electron chi connectivity index (χ0n) is 43.4. The van der Waals surface area contributed by atoms with E-state index in [9.17, 15) is 19.0 Å². The normalized spacial score (nSPS) is 14.5.